The molecule has 0 bridgehead atoms. The number of rotatable bonds is 5. The van der Waals surface area contributed by atoms with Crippen molar-refractivity contribution in [3.63, 3.8) is 0 Å². The Morgan fingerprint density at radius 1 is 1.31 bits per heavy atom. The fraction of sp³-hybridized carbons (Fsp3) is 0.300. The molecule has 1 saturated heterocycles. The lowest BCUT2D eigenvalue weighted by molar-refractivity contribution is 0.0391. The molecule has 1 amide bonds. The smallest absolute Gasteiger partial charge is 0.261 e. The summed E-state index contributed by atoms with van der Waals surface area (Å²) in [5, 5.41) is 0.821. The van der Waals surface area contributed by atoms with Crippen LogP contribution in [0.4, 0.5) is 9.52 Å². The van der Waals surface area contributed by atoms with Crippen LogP contribution in [0.5, 0.6) is 0 Å². The van der Waals surface area contributed by atoms with Crippen LogP contribution in [0.15, 0.2) is 40.9 Å². The molecule has 4 rings (SSSR count). The number of hydrogen-bond acceptors (Lipinski definition) is 5. The first-order valence-electron chi connectivity index (χ1n) is 9.15. The lowest BCUT2D eigenvalue weighted by Crippen LogP contribution is -2.43. The summed E-state index contributed by atoms with van der Waals surface area (Å²) < 4.78 is 21.0. The molecule has 0 aliphatic carbocycles. The first-order valence-corrected chi connectivity index (χ1v) is 11.1. The van der Waals surface area contributed by atoms with E-state index >= 15 is 0 Å². The Labute approximate surface area is 185 Å². The molecule has 3 aromatic rings. The number of carbonyl (C=O) groups is 1. The van der Waals surface area contributed by atoms with Crippen molar-refractivity contribution in [1.82, 2.24) is 9.88 Å². The van der Waals surface area contributed by atoms with Gasteiger partial charge in [-0.15, -0.1) is 0 Å². The summed E-state index contributed by atoms with van der Waals surface area (Å²) in [6.45, 7) is 4.07. The first kappa shape index (κ1) is 20.7. The van der Waals surface area contributed by atoms with E-state index in [0.29, 0.717) is 46.7 Å². The number of hydrogen-bond donors (Lipinski definition) is 0. The van der Waals surface area contributed by atoms with Crippen molar-refractivity contribution in [2.45, 2.75) is 0 Å². The summed E-state index contributed by atoms with van der Waals surface area (Å²) in [5.41, 5.74) is 0.653. The minimum absolute atomic E-state index is 0.260. The second-order valence-electron chi connectivity index (χ2n) is 6.62. The fourth-order valence-corrected chi connectivity index (χ4v) is 4.74. The van der Waals surface area contributed by atoms with Gasteiger partial charge < -0.3 is 4.74 Å². The minimum Gasteiger partial charge on any atom is -0.379 e. The third-order valence-electron chi connectivity index (χ3n) is 4.74. The van der Waals surface area contributed by atoms with Crippen LogP contribution in [0.3, 0.4) is 0 Å². The normalized spacial score (nSPS) is 15.0. The molecule has 0 spiro atoms. The van der Waals surface area contributed by atoms with Gasteiger partial charge in [-0.25, -0.2) is 9.37 Å². The molecule has 1 aliphatic heterocycles. The Hall–Kier alpha value is -1.58. The number of benzene rings is 2. The maximum Gasteiger partial charge on any atom is 0.261 e. The zero-order valence-electron chi connectivity index (χ0n) is 15.4. The molecule has 0 atom stereocenters. The molecule has 0 radical (unpaired) electrons. The number of amides is 1. The van der Waals surface area contributed by atoms with Crippen molar-refractivity contribution in [3.8, 4) is 0 Å². The van der Waals surface area contributed by atoms with Crippen LogP contribution in [-0.2, 0) is 4.74 Å². The van der Waals surface area contributed by atoms with Gasteiger partial charge in [-0.2, -0.15) is 0 Å². The minimum atomic E-state index is -0.397. The number of ether oxygens (including phenoxy) is 1. The van der Waals surface area contributed by atoms with Gasteiger partial charge in [0.2, 0.25) is 0 Å². The molecular weight excluding hydrogens is 481 g/mol. The molecule has 0 unspecified atom stereocenters. The van der Waals surface area contributed by atoms with E-state index in [2.05, 4.69) is 25.8 Å². The average Bonchev–Trinajstić information content (AvgIpc) is 3.16. The Kier molecular flexibility index (Phi) is 6.46. The summed E-state index contributed by atoms with van der Waals surface area (Å²) in [5.74, 6) is -0.657. The molecule has 1 fully saturated rings. The molecule has 5 nitrogen and oxygen atoms in total. The van der Waals surface area contributed by atoms with Crippen LogP contribution in [0.1, 0.15) is 10.4 Å². The third-order valence-corrected chi connectivity index (χ3v) is 6.60. The topological polar surface area (TPSA) is 45.7 Å². The van der Waals surface area contributed by atoms with Crippen LogP contribution < -0.4 is 4.90 Å². The summed E-state index contributed by atoms with van der Waals surface area (Å²) in [7, 11) is 0. The van der Waals surface area contributed by atoms with Gasteiger partial charge in [0.1, 0.15) is 11.3 Å². The lowest BCUT2D eigenvalue weighted by Gasteiger charge is -2.29. The highest BCUT2D eigenvalue weighted by molar-refractivity contribution is 9.10. The number of halogens is 3. The molecule has 1 aromatic heterocycles. The summed E-state index contributed by atoms with van der Waals surface area (Å²) >= 11 is 11.0. The number of nitrogens with zero attached hydrogens (tertiary/aromatic N) is 3. The van der Waals surface area contributed by atoms with Gasteiger partial charge in [0.05, 0.1) is 28.5 Å². The number of anilines is 1. The molecule has 152 valence electrons. The average molecular weight is 499 g/mol. The van der Waals surface area contributed by atoms with E-state index in [9.17, 15) is 9.18 Å². The van der Waals surface area contributed by atoms with Crippen molar-refractivity contribution in [1.29, 1.82) is 0 Å². The van der Waals surface area contributed by atoms with E-state index in [1.807, 2.05) is 0 Å². The van der Waals surface area contributed by atoms with Gasteiger partial charge in [-0.1, -0.05) is 44.9 Å². The molecule has 9 heteroatoms. The Balaban J connectivity index is 1.68. The molecule has 0 saturated carbocycles. The molecule has 29 heavy (non-hydrogen) atoms. The van der Waals surface area contributed by atoms with E-state index in [1.165, 1.54) is 17.4 Å². The zero-order chi connectivity index (χ0) is 20.4. The molecular formula is C20H18BrClFN3O2S. The first-order chi connectivity index (χ1) is 14.0. The van der Waals surface area contributed by atoms with Gasteiger partial charge in [0.15, 0.2) is 5.13 Å². The number of fused-ring (bicyclic) bond motifs is 1. The SMILES string of the molecule is O=C(c1cc(Br)ccc1Cl)N(CCN1CCOCC1)c1nc2c(F)cccc2s1. The molecule has 2 heterocycles. The number of para-hydroxylation sites is 1. The molecule has 0 N–H and O–H groups in total. The van der Waals surface area contributed by atoms with Crippen molar-refractivity contribution in [2.75, 3.05) is 44.3 Å². The van der Waals surface area contributed by atoms with Crippen molar-refractivity contribution < 1.29 is 13.9 Å². The quantitative estimate of drug-likeness (QED) is 0.505. The predicted molar refractivity (Wildman–Crippen MR) is 118 cm³/mol. The number of carbonyl (C=O) groups excluding carboxylic acids is 1. The summed E-state index contributed by atoms with van der Waals surface area (Å²) in [6.07, 6.45) is 0. The highest BCUT2D eigenvalue weighted by Crippen LogP contribution is 2.32. The number of thiazole rings is 1. The largest absolute Gasteiger partial charge is 0.379 e. The van der Waals surface area contributed by atoms with Crippen molar-refractivity contribution in [2.24, 2.45) is 0 Å². The Morgan fingerprint density at radius 2 is 2.10 bits per heavy atom. The van der Waals surface area contributed by atoms with Crippen molar-refractivity contribution in [3.05, 3.63) is 57.3 Å². The highest BCUT2D eigenvalue weighted by atomic mass is 79.9. The predicted octanol–water partition coefficient (Wildman–Crippen LogP) is 4.83. The van der Waals surface area contributed by atoms with E-state index in [0.717, 1.165) is 17.6 Å². The van der Waals surface area contributed by atoms with Gasteiger partial charge in [0, 0.05) is 30.7 Å². The Morgan fingerprint density at radius 3 is 2.86 bits per heavy atom. The van der Waals surface area contributed by atoms with Gasteiger partial charge in [-0.3, -0.25) is 14.6 Å². The van der Waals surface area contributed by atoms with Crippen LogP contribution in [0.25, 0.3) is 10.2 Å². The lowest BCUT2D eigenvalue weighted by atomic mass is 10.2. The zero-order valence-corrected chi connectivity index (χ0v) is 18.6. The number of morpholine rings is 1. The van der Waals surface area contributed by atoms with Gasteiger partial charge >= 0.3 is 0 Å². The maximum atomic E-state index is 14.2. The highest BCUT2D eigenvalue weighted by Gasteiger charge is 2.25. The van der Waals surface area contributed by atoms with Gasteiger partial charge in [0.25, 0.3) is 5.91 Å². The van der Waals surface area contributed by atoms with E-state index < -0.39 is 5.82 Å². The second-order valence-corrected chi connectivity index (χ2v) is 8.95. The van der Waals surface area contributed by atoms with Crippen molar-refractivity contribution >= 4 is 60.1 Å². The summed E-state index contributed by atoms with van der Waals surface area (Å²) in [4.78, 5) is 21.7. The van der Waals surface area contributed by atoms with Crippen LogP contribution >= 0.6 is 38.9 Å². The summed E-state index contributed by atoms with van der Waals surface area (Å²) in [6, 6.07) is 9.97. The second kappa shape index (κ2) is 9.06. The standard InChI is InChI=1S/C20H18BrClFN3O2S/c21-13-4-5-15(22)14(12-13)19(27)26(7-6-25-8-10-28-11-9-25)20-24-18-16(23)2-1-3-17(18)29-20/h1-5,12H,6-11H2. The monoisotopic (exact) mass is 497 g/mol. The third kappa shape index (κ3) is 4.62. The van der Waals surface area contributed by atoms with E-state index in [-0.39, 0.29) is 11.4 Å². The van der Waals surface area contributed by atoms with Crippen LogP contribution in [-0.4, -0.2) is 55.2 Å². The van der Waals surface area contributed by atoms with E-state index in [1.54, 1.807) is 35.2 Å². The van der Waals surface area contributed by atoms with Crippen LogP contribution in [0, 0.1) is 5.82 Å². The molecule has 2 aromatic carbocycles. The molecule has 1 aliphatic rings. The van der Waals surface area contributed by atoms with E-state index in [4.69, 9.17) is 16.3 Å². The van der Waals surface area contributed by atoms with Gasteiger partial charge in [-0.05, 0) is 30.3 Å². The fourth-order valence-electron chi connectivity index (χ4n) is 3.18. The van der Waals surface area contributed by atoms with Crippen LogP contribution in [0.2, 0.25) is 5.02 Å². The maximum absolute atomic E-state index is 14.2. The Bertz CT molecular complexity index is 1040. The number of aromatic nitrogens is 1.